The van der Waals surface area contributed by atoms with Crippen molar-refractivity contribution < 1.29 is 4.39 Å². The lowest BCUT2D eigenvalue weighted by Gasteiger charge is -1.75. The molecule has 0 heterocycles. The van der Waals surface area contributed by atoms with Crippen LogP contribution in [0.3, 0.4) is 0 Å². The first kappa shape index (κ1) is 4.93. The van der Waals surface area contributed by atoms with Gasteiger partial charge in [0.2, 0.25) is 0 Å². The highest BCUT2D eigenvalue weighted by molar-refractivity contribution is 4.61. The monoisotopic (exact) mass is 74.1 g/mol. The van der Waals surface area contributed by atoms with E-state index in [9.17, 15) is 4.39 Å². The van der Waals surface area contributed by atoms with Crippen LogP contribution in [0.2, 0.25) is 0 Å². The van der Waals surface area contributed by atoms with Gasteiger partial charge < -0.3 is 0 Å². The van der Waals surface area contributed by atoms with Gasteiger partial charge in [0, 0.05) is 0 Å². The van der Waals surface area contributed by atoms with E-state index in [1.807, 2.05) is 0 Å². The summed E-state index contributed by atoms with van der Waals surface area (Å²) in [6, 6.07) is 0. The standard InChI is InChI=1S/C4H7F/c1-2-3-4-5/h3H,1-2,4H2. The lowest BCUT2D eigenvalue weighted by atomic mass is 10.4. The van der Waals surface area contributed by atoms with E-state index in [0.29, 0.717) is 6.42 Å². The third-order valence-electron chi connectivity index (χ3n) is 0.313. The van der Waals surface area contributed by atoms with E-state index in [1.165, 1.54) is 6.42 Å². The van der Waals surface area contributed by atoms with Crippen molar-refractivity contribution in [2.75, 3.05) is 6.67 Å². The van der Waals surface area contributed by atoms with Crippen LogP contribution in [0.5, 0.6) is 0 Å². The van der Waals surface area contributed by atoms with E-state index >= 15 is 0 Å². The maximum absolute atomic E-state index is 10.9. The van der Waals surface area contributed by atoms with Crippen LogP contribution in [0.25, 0.3) is 0 Å². The smallest absolute Gasteiger partial charge is 0.0926 e. The summed E-state index contributed by atoms with van der Waals surface area (Å²) in [5.41, 5.74) is 0. The normalized spacial score (nSPS) is 8.40. The van der Waals surface area contributed by atoms with Crippen molar-refractivity contribution in [2.24, 2.45) is 0 Å². The number of hydrogen-bond donors (Lipinski definition) is 0. The third kappa shape index (κ3) is 3.93. The van der Waals surface area contributed by atoms with Gasteiger partial charge in [0.1, 0.15) is 0 Å². The molecule has 0 aromatic carbocycles. The van der Waals surface area contributed by atoms with Gasteiger partial charge in [-0.1, -0.05) is 6.92 Å². The van der Waals surface area contributed by atoms with E-state index < -0.39 is 0 Å². The molecule has 0 aliphatic heterocycles. The fourth-order valence-electron chi connectivity index (χ4n) is 0.0772. The Bertz CT molecular complexity index is 11.1. The fraction of sp³-hybridized carbons (Fsp3) is 0.500. The topological polar surface area (TPSA) is 0 Å². The van der Waals surface area contributed by atoms with E-state index in [-0.39, 0.29) is 6.67 Å². The third-order valence-corrected chi connectivity index (χ3v) is 0.313. The van der Waals surface area contributed by atoms with Crippen molar-refractivity contribution in [3.8, 4) is 0 Å². The van der Waals surface area contributed by atoms with Crippen LogP contribution in [0, 0.1) is 13.3 Å². The molecule has 5 heavy (non-hydrogen) atoms. The van der Waals surface area contributed by atoms with Crippen LogP contribution < -0.4 is 0 Å². The average Bonchev–Trinajstić information content (AvgIpc) is 1.41. The lowest BCUT2D eigenvalue weighted by molar-refractivity contribution is 0.534. The number of unbranched alkanes of at least 4 members (excludes halogenated alkanes) is 1. The number of hydrogen-bond acceptors (Lipinski definition) is 0. The highest BCUT2D eigenvalue weighted by Gasteiger charge is 1.72. The predicted molar refractivity (Wildman–Crippen MR) is 20.2 cm³/mol. The molecule has 0 atom stereocenters. The molecule has 0 bridgehead atoms. The van der Waals surface area contributed by atoms with Crippen molar-refractivity contribution in [1.82, 2.24) is 0 Å². The van der Waals surface area contributed by atoms with Crippen LogP contribution in [-0.4, -0.2) is 6.67 Å². The Kier molecular flexibility index (Phi) is 3.87. The molecule has 0 rings (SSSR count). The van der Waals surface area contributed by atoms with Crippen molar-refractivity contribution in [1.29, 1.82) is 0 Å². The van der Waals surface area contributed by atoms with Gasteiger partial charge in [-0.25, -0.2) is 0 Å². The van der Waals surface area contributed by atoms with Crippen molar-refractivity contribution >= 4 is 0 Å². The highest BCUT2D eigenvalue weighted by atomic mass is 19.1. The van der Waals surface area contributed by atoms with Crippen LogP contribution >= 0.6 is 0 Å². The summed E-state index contributed by atoms with van der Waals surface area (Å²) in [6.07, 6.45) is 2.07. The van der Waals surface area contributed by atoms with Gasteiger partial charge in [-0.05, 0) is 12.8 Å². The molecule has 0 aliphatic rings. The summed E-state index contributed by atoms with van der Waals surface area (Å²) in [5.74, 6) is 0. The average molecular weight is 74.1 g/mol. The van der Waals surface area contributed by atoms with Gasteiger partial charge in [0.25, 0.3) is 0 Å². The van der Waals surface area contributed by atoms with E-state index in [4.69, 9.17) is 0 Å². The minimum absolute atomic E-state index is 0.344. The van der Waals surface area contributed by atoms with Crippen LogP contribution in [0.1, 0.15) is 6.42 Å². The van der Waals surface area contributed by atoms with Crippen molar-refractivity contribution in [2.45, 2.75) is 6.42 Å². The van der Waals surface area contributed by atoms with Crippen LogP contribution in [0.4, 0.5) is 4.39 Å². The SMILES string of the molecule is [CH2]C[CH]CF. The molecule has 1 heteroatoms. The lowest BCUT2D eigenvalue weighted by Crippen LogP contribution is -1.69. The first-order chi connectivity index (χ1) is 2.41. The van der Waals surface area contributed by atoms with Gasteiger partial charge in [0.05, 0.1) is 6.67 Å². The minimum atomic E-state index is -0.344. The zero-order valence-corrected chi connectivity index (χ0v) is 3.08. The highest BCUT2D eigenvalue weighted by Crippen LogP contribution is 1.80. The molecular formula is C4H7F. The Balaban J connectivity index is 2.19. The van der Waals surface area contributed by atoms with Gasteiger partial charge in [-0.2, -0.15) is 0 Å². The Labute approximate surface area is 32.0 Å². The van der Waals surface area contributed by atoms with Gasteiger partial charge in [0.15, 0.2) is 0 Å². The molecule has 0 aromatic heterocycles. The molecule has 0 nitrogen and oxygen atoms in total. The summed E-state index contributed by atoms with van der Waals surface area (Å²) in [4.78, 5) is 0. The summed E-state index contributed by atoms with van der Waals surface area (Å²) in [7, 11) is 0. The number of rotatable bonds is 2. The predicted octanol–water partition coefficient (Wildman–Crippen LogP) is 1.38. The van der Waals surface area contributed by atoms with E-state index in [2.05, 4.69) is 6.92 Å². The summed E-state index contributed by atoms with van der Waals surface area (Å²) in [5, 5.41) is 0. The fourth-order valence-corrected chi connectivity index (χ4v) is 0.0772. The molecule has 30 valence electrons. The molecule has 2 radical (unpaired) electrons. The summed E-state index contributed by atoms with van der Waals surface area (Å²) in [6.45, 7) is 3.04. The van der Waals surface area contributed by atoms with Crippen LogP contribution in [0.15, 0.2) is 0 Å². The Morgan fingerprint density at radius 1 is 1.80 bits per heavy atom. The maximum Gasteiger partial charge on any atom is 0.0926 e. The van der Waals surface area contributed by atoms with Crippen LogP contribution in [-0.2, 0) is 0 Å². The summed E-state index contributed by atoms with van der Waals surface area (Å²) >= 11 is 0. The van der Waals surface area contributed by atoms with Crippen molar-refractivity contribution in [3.05, 3.63) is 13.3 Å². The Morgan fingerprint density at radius 2 is 2.40 bits per heavy atom. The number of alkyl halides is 1. The minimum Gasteiger partial charge on any atom is -0.251 e. The quantitative estimate of drug-likeness (QED) is 0.464. The van der Waals surface area contributed by atoms with Gasteiger partial charge in [-0.3, -0.25) is 4.39 Å². The Morgan fingerprint density at radius 3 is 2.40 bits per heavy atom. The molecule has 0 amide bonds. The van der Waals surface area contributed by atoms with Gasteiger partial charge >= 0.3 is 0 Å². The second-order valence-electron chi connectivity index (χ2n) is 0.732. The first-order valence-corrected chi connectivity index (χ1v) is 1.58. The number of halogens is 1. The zero-order valence-electron chi connectivity index (χ0n) is 3.08. The molecule has 0 aromatic rings. The van der Waals surface area contributed by atoms with Crippen molar-refractivity contribution in [3.63, 3.8) is 0 Å². The second-order valence-corrected chi connectivity index (χ2v) is 0.732. The Hall–Kier alpha value is -0.0700. The van der Waals surface area contributed by atoms with E-state index in [0.717, 1.165) is 0 Å². The molecule has 0 spiro atoms. The molecule has 0 saturated carbocycles. The molecule has 0 fully saturated rings. The molecule has 0 unspecified atom stereocenters. The largest absolute Gasteiger partial charge is 0.251 e. The molecule has 0 aliphatic carbocycles. The second kappa shape index (κ2) is 3.93. The maximum atomic E-state index is 10.9. The van der Waals surface area contributed by atoms with E-state index in [1.54, 1.807) is 0 Å². The van der Waals surface area contributed by atoms with Gasteiger partial charge in [-0.15, -0.1) is 0 Å². The molecule has 0 saturated heterocycles. The first-order valence-electron chi connectivity index (χ1n) is 1.58. The zero-order chi connectivity index (χ0) is 4.12. The molecule has 0 N–H and O–H groups in total. The summed E-state index contributed by atoms with van der Waals surface area (Å²) < 4.78 is 10.9. The molecular weight excluding hydrogens is 67.0 g/mol.